The summed E-state index contributed by atoms with van der Waals surface area (Å²) in [6, 6.07) is 8.96. The number of rotatable bonds is 6. The summed E-state index contributed by atoms with van der Waals surface area (Å²) in [7, 11) is 0. The molecule has 2 rings (SSSR count). The third kappa shape index (κ3) is 3.97. The van der Waals surface area contributed by atoms with Gasteiger partial charge in [0, 0.05) is 38.5 Å². The van der Waals surface area contributed by atoms with Crippen molar-refractivity contribution in [3.8, 4) is 0 Å². The van der Waals surface area contributed by atoms with Crippen LogP contribution in [0.4, 0.5) is 5.69 Å². The van der Waals surface area contributed by atoms with Crippen LogP contribution in [0.15, 0.2) is 24.3 Å². The molecule has 3 nitrogen and oxygen atoms in total. The van der Waals surface area contributed by atoms with Crippen LogP contribution in [0.25, 0.3) is 0 Å². The zero-order valence-electron chi connectivity index (χ0n) is 12.9. The summed E-state index contributed by atoms with van der Waals surface area (Å²) in [5.41, 5.74) is 2.69. The smallest absolute Gasteiger partial charge is 0.0471 e. The number of anilines is 1. The molecule has 1 heterocycles. The molecule has 0 aromatic heterocycles. The van der Waals surface area contributed by atoms with Crippen LogP contribution in [0.3, 0.4) is 0 Å². The van der Waals surface area contributed by atoms with E-state index in [-0.39, 0.29) is 0 Å². The molecule has 0 spiro atoms. The average Bonchev–Trinajstić information content (AvgIpc) is 2.50. The highest BCUT2D eigenvalue weighted by molar-refractivity contribution is 5.47. The fraction of sp³-hybridized carbons (Fsp3) is 0.647. The van der Waals surface area contributed by atoms with Crippen molar-refractivity contribution in [2.45, 2.75) is 33.2 Å². The summed E-state index contributed by atoms with van der Waals surface area (Å²) in [6.07, 6.45) is 2.39. The lowest BCUT2D eigenvalue weighted by Crippen LogP contribution is -2.36. The lowest BCUT2D eigenvalue weighted by atomic mass is 9.98. The Morgan fingerprint density at radius 2 is 1.90 bits per heavy atom. The number of aliphatic hydroxyl groups excluding tert-OH is 1. The molecule has 3 heteroatoms. The SMILES string of the molecule is CCN(CC)c1ccc(CN2CCC[C@@H](CO)C2)cc1. The molecule has 0 bridgehead atoms. The van der Waals surface area contributed by atoms with E-state index in [1.165, 1.54) is 24.1 Å². The summed E-state index contributed by atoms with van der Waals surface area (Å²) in [5, 5.41) is 9.29. The van der Waals surface area contributed by atoms with Crippen LogP contribution in [-0.2, 0) is 6.54 Å². The average molecular weight is 276 g/mol. The van der Waals surface area contributed by atoms with Gasteiger partial charge in [-0.3, -0.25) is 4.90 Å². The third-order valence-electron chi connectivity index (χ3n) is 4.33. The van der Waals surface area contributed by atoms with Gasteiger partial charge in [-0.05, 0) is 56.8 Å². The zero-order valence-corrected chi connectivity index (χ0v) is 12.9. The summed E-state index contributed by atoms with van der Waals surface area (Å²) in [4.78, 5) is 4.84. The highest BCUT2D eigenvalue weighted by Gasteiger charge is 2.19. The number of aliphatic hydroxyl groups is 1. The number of hydrogen-bond acceptors (Lipinski definition) is 3. The molecule has 0 aliphatic carbocycles. The fourth-order valence-corrected chi connectivity index (χ4v) is 3.10. The Balaban J connectivity index is 1.93. The minimum absolute atomic E-state index is 0.331. The van der Waals surface area contributed by atoms with Crippen molar-refractivity contribution in [2.24, 2.45) is 5.92 Å². The minimum atomic E-state index is 0.331. The molecule has 1 aromatic rings. The molecule has 0 saturated carbocycles. The predicted octanol–water partition coefficient (Wildman–Crippen LogP) is 2.74. The molecule has 112 valence electrons. The predicted molar refractivity (Wildman–Crippen MR) is 85.1 cm³/mol. The van der Waals surface area contributed by atoms with E-state index >= 15 is 0 Å². The van der Waals surface area contributed by atoms with Crippen molar-refractivity contribution in [3.05, 3.63) is 29.8 Å². The summed E-state index contributed by atoms with van der Waals surface area (Å²) >= 11 is 0. The first kappa shape index (κ1) is 15.3. The van der Waals surface area contributed by atoms with E-state index < -0.39 is 0 Å². The number of hydrogen-bond donors (Lipinski definition) is 1. The van der Waals surface area contributed by atoms with E-state index in [1.54, 1.807) is 0 Å². The lowest BCUT2D eigenvalue weighted by Gasteiger charge is -2.31. The Bertz CT molecular complexity index is 386. The Morgan fingerprint density at radius 1 is 1.20 bits per heavy atom. The number of likely N-dealkylation sites (tertiary alicyclic amines) is 1. The van der Waals surface area contributed by atoms with Gasteiger partial charge in [-0.15, -0.1) is 0 Å². The Labute approximate surface area is 123 Å². The van der Waals surface area contributed by atoms with Crippen LogP contribution >= 0.6 is 0 Å². The van der Waals surface area contributed by atoms with E-state index in [4.69, 9.17) is 0 Å². The molecule has 1 aliphatic heterocycles. The van der Waals surface area contributed by atoms with Gasteiger partial charge in [0.25, 0.3) is 0 Å². The molecule has 20 heavy (non-hydrogen) atoms. The van der Waals surface area contributed by atoms with Crippen molar-refractivity contribution < 1.29 is 5.11 Å². The van der Waals surface area contributed by atoms with E-state index in [1.807, 2.05) is 0 Å². The first-order valence-electron chi connectivity index (χ1n) is 7.93. The van der Waals surface area contributed by atoms with Crippen LogP contribution in [0, 0.1) is 5.92 Å². The molecular formula is C17H28N2O. The largest absolute Gasteiger partial charge is 0.396 e. The normalized spacial score (nSPS) is 20.1. The zero-order chi connectivity index (χ0) is 14.4. The van der Waals surface area contributed by atoms with Gasteiger partial charge < -0.3 is 10.0 Å². The third-order valence-corrected chi connectivity index (χ3v) is 4.33. The number of piperidine rings is 1. The van der Waals surface area contributed by atoms with Crippen LogP contribution in [0.2, 0.25) is 0 Å². The Kier molecular flexibility index (Phi) is 5.86. The van der Waals surface area contributed by atoms with E-state index in [2.05, 4.69) is 47.9 Å². The molecule has 1 N–H and O–H groups in total. The second-order valence-corrected chi connectivity index (χ2v) is 5.76. The Morgan fingerprint density at radius 3 is 2.50 bits per heavy atom. The van der Waals surface area contributed by atoms with Crippen molar-refractivity contribution >= 4 is 5.69 Å². The standard InChI is InChI=1S/C17H28N2O/c1-3-19(4-2)17-9-7-15(8-10-17)12-18-11-5-6-16(13-18)14-20/h7-10,16,20H,3-6,11-14H2,1-2H3/t16-/m1/s1. The monoisotopic (exact) mass is 276 g/mol. The van der Waals surface area contributed by atoms with E-state index in [0.29, 0.717) is 12.5 Å². The maximum absolute atomic E-state index is 9.29. The topological polar surface area (TPSA) is 26.7 Å². The Hall–Kier alpha value is -1.06. The van der Waals surface area contributed by atoms with Gasteiger partial charge in [0.2, 0.25) is 0 Å². The van der Waals surface area contributed by atoms with E-state index in [9.17, 15) is 5.11 Å². The second-order valence-electron chi connectivity index (χ2n) is 5.76. The van der Waals surface area contributed by atoms with Crippen LogP contribution in [0.5, 0.6) is 0 Å². The van der Waals surface area contributed by atoms with Gasteiger partial charge in [-0.2, -0.15) is 0 Å². The van der Waals surface area contributed by atoms with Gasteiger partial charge >= 0.3 is 0 Å². The number of nitrogens with zero attached hydrogens (tertiary/aromatic N) is 2. The summed E-state index contributed by atoms with van der Waals surface area (Å²) < 4.78 is 0. The number of benzene rings is 1. The van der Waals surface area contributed by atoms with Crippen molar-refractivity contribution in [1.29, 1.82) is 0 Å². The van der Waals surface area contributed by atoms with E-state index in [0.717, 1.165) is 32.7 Å². The van der Waals surface area contributed by atoms with Crippen LogP contribution in [-0.4, -0.2) is 42.8 Å². The van der Waals surface area contributed by atoms with Gasteiger partial charge in [-0.25, -0.2) is 0 Å². The van der Waals surface area contributed by atoms with Crippen molar-refractivity contribution in [2.75, 3.05) is 37.7 Å². The van der Waals surface area contributed by atoms with Crippen LogP contribution in [0.1, 0.15) is 32.3 Å². The lowest BCUT2D eigenvalue weighted by molar-refractivity contribution is 0.116. The molecule has 0 unspecified atom stereocenters. The highest BCUT2D eigenvalue weighted by Crippen LogP contribution is 2.20. The highest BCUT2D eigenvalue weighted by atomic mass is 16.3. The van der Waals surface area contributed by atoms with Gasteiger partial charge in [0.1, 0.15) is 0 Å². The van der Waals surface area contributed by atoms with Gasteiger partial charge in [0.15, 0.2) is 0 Å². The fourth-order valence-electron chi connectivity index (χ4n) is 3.10. The van der Waals surface area contributed by atoms with Crippen molar-refractivity contribution in [3.63, 3.8) is 0 Å². The first-order valence-corrected chi connectivity index (χ1v) is 7.93. The maximum atomic E-state index is 9.29. The molecule has 1 atom stereocenters. The van der Waals surface area contributed by atoms with Crippen LogP contribution < -0.4 is 4.90 Å². The molecular weight excluding hydrogens is 248 g/mol. The summed E-state index contributed by atoms with van der Waals surface area (Å²) in [5.74, 6) is 0.471. The first-order chi connectivity index (χ1) is 9.76. The minimum Gasteiger partial charge on any atom is -0.396 e. The van der Waals surface area contributed by atoms with Gasteiger partial charge in [-0.1, -0.05) is 12.1 Å². The molecule has 1 fully saturated rings. The quantitative estimate of drug-likeness (QED) is 0.865. The molecule has 0 radical (unpaired) electrons. The molecule has 1 aliphatic rings. The second kappa shape index (κ2) is 7.65. The summed E-state index contributed by atoms with van der Waals surface area (Å²) in [6.45, 7) is 10.0. The van der Waals surface area contributed by atoms with Gasteiger partial charge in [0.05, 0.1) is 0 Å². The molecule has 1 saturated heterocycles. The molecule has 1 aromatic carbocycles. The van der Waals surface area contributed by atoms with Crippen molar-refractivity contribution in [1.82, 2.24) is 4.90 Å². The molecule has 0 amide bonds. The maximum Gasteiger partial charge on any atom is 0.0471 e.